The molecule has 3 N–H and O–H groups in total. The zero-order valence-corrected chi connectivity index (χ0v) is 11.9. The first-order valence-electron chi connectivity index (χ1n) is 6.36. The van der Waals surface area contributed by atoms with E-state index in [1.54, 1.807) is 12.1 Å². The average Bonchev–Trinajstić information content (AvgIpc) is 2.31. The molecular weight excluding hydrogens is 243 g/mol. The molecule has 0 unspecified atom stereocenters. The normalized spacial score (nSPS) is 11.3. The number of rotatable bonds is 7. The minimum Gasteiger partial charge on any atom is -0.384 e. The lowest BCUT2D eigenvalue weighted by molar-refractivity contribution is 0.291. The van der Waals surface area contributed by atoms with Crippen LogP contribution >= 0.6 is 0 Å². The van der Waals surface area contributed by atoms with Gasteiger partial charge in [0, 0.05) is 17.7 Å². The molecule has 5 heteroatoms. The fourth-order valence-corrected chi connectivity index (χ4v) is 1.87. The van der Waals surface area contributed by atoms with Gasteiger partial charge in [0.05, 0.1) is 0 Å². The van der Waals surface area contributed by atoms with Crippen LogP contribution in [0.15, 0.2) is 18.2 Å². The van der Waals surface area contributed by atoms with Crippen molar-refractivity contribution >= 4 is 5.84 Å². The Morgan fingerprint density at radius 2 is 1.95 bits per heavy atom. The Morgan fingerprint density at radius 3 is 2.47 bits per heavy atom. The summed E-state index contributed by atoms with van der Waals surface area (Å²) in [6, 6.07) is 4.72. The van der Waals surface area contributed by atoms with Gasteiger partial charge in [0.1, 0.15) is 11.7 Å². The number of nitrogen functional groups attached to an aromatic ring is 1. The lowest BCUT2D eigenvalue weighted by atomic mass is 10.1. The fraction of sp³-hybridized carbons (Fsp3) is 0.500. The number of nitrogens with one attached hydrogen (secondary N) is 1. The minimum atomic E-state index is -0.299. The molecule has 1 aromatic carbocycles. The monoisotopic (exact) mass is 266 g/mol. The Labute approximate surface area is 114 Å². The van der Waals surface area contributed by atoms with Crippen LogP contribution in [0.1, 0.15) is 17.5 Å². The first-order chi connectivity index (χ1) is 8.90. The molecule has 1 aromatic rings. The van der Waals surface area contributed by atoms with E-state index in [9.17, 15) is 4.39 Å². The predicted octanol–water partition coefficient (Wildman–Crippen LogP) is 1.49. The number of nitrogens with zero attached hydrogens (tertiary/aromatic N) is 2. The van der Waals surface area contributed by atoms with E-state index in [1.807, 2.05) is 21.1 Å². The van der Waals surface area contributed by atoms with Gasteiger partial charge in [-0.3, -0.25) is 5.41 Å². The van der Waals surface area contributed by atoms with Gasteiger partial charge in [-0.05, 0) is 46.7 Å². The molecule has 0 aromatic heterocycles. The fourth-order valence-electron chi connectivity index (χ4n) is 1.87. The number of nitrogens with two attached hydrogens (primary N) is 1. The Balaban J connectivity index is 2.54. The number of benzene rings is 1. The van der Waals surface area contributed by atoms with Crippen LogP contribution in [0.2, 0.25) is 0 Å². The summed E-state index contributed by atoms with van der Waals surface area (Å²) in [7, 11) is 6.06. The quantitative estimate of drug-likeness (QED) is 0.581. The van der Waals surface area contributed by atoms with E-state index in [0.717, 1.165) is 19.5 Å². The van der Waals surface area contributed by atoms with Crippen molar-refractivity contribution in [3.63, 3.8) is 0 Å². The van der Waals surface area contributed by atoms with E-state index < -0.39 is 0 Å². The Kier molecular flexibility index (Phi) is 5.92. The second-order valence-corrected chi connectivity index (χ2v) is 5.11. The van der Waals surface area contributed by atoms with Crippen molar-refractivity contribution in [2.75, 3.05) is 34.2 Å². The third-order valence-corrected chi connectivity index (χ3v) is 2.95. The molecule has 1 rings (SSSR count). The van der Waals surface area contributed by atoms with E-state index in [2.05, 4.69) is 9.80 Å². The van der Waals surface area contributed by atoms with Crippen molar-refractivity contribution in [3.8, 4) is 0 Å². The molecule has 106 valence electrons. The third kappa shape index (κ3) is 5.36. The van der Waals surface area contributed by atoms with Crippen LogP contribution in [0.4, 0.5) is 4.39 Å². The number of amidine groups is 1. The van der Waals surface area contributed by atoms with Crippen molar-refractivity contribution in [2.24, 2.45) is 5.73 Å². The largest absolute Gasteiger partial charge is 0.384 e. The molecule has 4 nitrogen and oxygen atoms in total. The van der Waals surface area contributed by atoms with Gasteiger partial charge in [0.2, 0.25) is 0 Å². The van der Waals surface area contributed by atoms with Crippen LogP contribution in [0.3, 0.4) is 0 Å². The maximum Gasteiger partial charge on any atom is 0.128 e. The molecule has 0 amide bonds. The topological polar surface area (TPSA) is 56.4 Å². The molecule has 0 aliphatic carbocycles. The highest BCUT2D eigenvalue weighted by molar-refractivity contribution is 5.94. The molecule has 0 fully saturated rings. The summed E-state index contributed by atoms with van der Waals surface area (Å²) in [6.07, 6.45) is 1.05. The maximum atomic E-state index is 13.8. The highest BCUT2D eigenvalue weighted by Gasteiger charge is 2.08. The minimum absolute atomic E-state index is 0.107. The van der Waals surface area contributed by atoms with Crippen molar-refractivity contribution in [2.45, 2.75) is 13.0 Å². The van der Waals surface area contributed by atoms with Crippen molar-refractivity contribution in [1.82, 2.24) is 9.80 Å². The summed E-state index contributed by atoms with van der Waals surface area (Å²) in [5.41, 5.74) is 6.39. The first kappa shape index (κ1) is 15.6. The molecule has 0 saturated heterocycles. The van der Waals surface area contributed by atoms with Crippen molar-refractivity contribution in [3.05, 3.63) is 35.1 Å². The van der Waals surface area contributed by atoms with E-state index in [1.165, 1.54) is 6.07 Å². The van der Waals surface area contributed by atoms with Gasteiger partial charge >= 0.3 is 0 Å². The zero-order valence-electron chi connectivity index (χ0n) is 11.9. The van der Waals surface area contributed by atoms with Crippen LogP contribution in [-0.2, 0) is 6.54 Å². The molecular formula is C14H23FN4. The van der Waals surface area contributed by atoms with Gasteiger partial charge < -0.3 is 15.5 Å². The second kappa shape index (κ2) is 7.21. The summed E-state index contributed by atoms with van der Waals surface area (Å²) < 4.78 is 13.8. The Hall–Kier alpha value is -1.46. The van der Waals surface area contributed by atoms with E-state index in [4.69, 9.17) is 11.1 Å². The molecule has 0 heterocycles. The van der Waals surface area contributed by atoms with Gasteiger partial charge in [0.15, 0.2) is 0 Å². The van der Waals surface area contributed by atoms with E-state index >= 15 is 0 Å². The Bertz CT molecular complexity index is 431. The smallest absolute Gasteiger partial charge is 0.128 e. The predicted molar refractivity (Wildman–Crippen MR) is 76.9 cm³/mol. The van der Waals surface area contributed by atoms with Crippen LogP contribution in [-0.4, -0.2) is 49.9 Å². The molecule has 19 heavy (non-hydrogen) atoms. The summed E-state index contributed by atoms with van der Waals surface area (Å²) in [5.74, 6) is -0.406. The molecule has 0 bridgehead atoms. The highest BCUT2D eigenvalue weighted by Crippen LogP contribution is 2.12. The maximum absolute atomic E-state index is 13.8. The molecule has 0 radical (unpaired) electrons. The highest BCUT2D eigenvalue weighted by atomic mass is 19.1. The van der Waals surface area contributed by atoms with Crippen LogP contribution < -0.4 is 5.73 Å². The summed E-state index contributed by atoms with van der Waals surface area (Å²) in [5, 5.41) is 7.27. The molecule has 0 spiro atoms. The molecule has 0 saturated carbocycles. The van der Waals surface area contributed by atoms with E-state index in [0.29, 0.717) is 17.7 Å². The SMILES string of the molecule is CN(C)CCCN(C)Cc1ccc(C(=N)N)cc1F. The second-order valence-electron chi connectivity index (χ2n) is 5.11. The molecule has 0 aliphatic rings. The average molecular weight is 266 g/mol. The lowest BCUT2D eigenvalue weighted by Crippen LogP contribution is -2.24. The first-order valence-corrected chi connectivity index (χ1v) is 6.36. The van der Waals surface area contributed by atoms with Gasteiger partial charge in [-0.15, -0.1) is 0 Å². The third-order valence-electron chi connectivity index (χ3n) is 2.95. The molecule has 0 aliphatic heterocycles. The number of hydrogen-bond donors (Lipinski definition) is 2. The van der Waals surface area contributed by atoms with Gasteiger partial charge in [0.25, 0.3) is 0 Å². The van der Waals surface area contributed by atoms with Gasteiger partial charge in [-0.1, -0.05) is 12.1 Å². The van der Waals surface area contributed by atoms with Crippen molar-refractivity contribution in [1.29, 1.82) is 5.41 Å². The number of halogens is 1. The zero-order chi connectivity index (χ0) is 14.4. The number of hydrogen-bond acceptors (Lipinski definition) is 3. The van der Waals surface area contributed by atoms with Crippen molar-refractivity contribution < 1.29 is 4.39 Å². The van der Waals surface area contributed by atoms with Crippen LogP contribution in [0.25, 0.3) is 0 Å². The standard InChI is InChI=1S/C14H23FN4/c1-18(2)7-4-8-19(3)10-12-6-5-11(14(16)17)9-13(12)15/h5-6,9H,4,7-8,10H2,1-3H3,(H3,16,17). The Morgan fingerprint density at radius 1 is 1.26 bits per heavy atom. The summed E-state index contributed by atoms with van der Waals surface area (Å²) in [4.78, 5) is 4.23. The van der Waals surface area contributed by atoms with Crippen LogP contribution in [0.5, 0.6) is 0 Å². The van der Waals surface area contributed by atoms with Gasteiger partial charge in [-0.2, -0.15) is 0 Å². The van der Waals surface area contributed by atoms with Gasteiger partial charge in [-0.25, -0.2) is 4.39 Å². The lowest BCUT2D eigenvalue weighted by Gasteiger charge is -2.18. The van der Waals surface area contributed by atoms with Crippen LogP contribution in [0, 0.1) is 11.2 Å². The van der Waals surface area contributed by atoms with E-state index in [-0.39, 0.29) is 11.7 Å². The summed E-state index contributed by atoms with van der Waals surface area (Å²) >= 11 is 0. The summed E-state index contributed by atoms with van der Waals surface area (Å²) in [6.45, 7) is 2.51. The molecule has 0 atom stereocenters.